The first-order chi connectivity index (χ1) is 18.0. The van der Waals surface area contributed by atoms with Gasteiger partial charge in [0.2, 0.25) is 0 Å². The molecule has 0 radical (unpaired) electrons. The first-order valence-electron chi connectivity index (χ1n) is 13.0. The summed E-state index contributed by atoms with van der Waals surface area (Å²) in [5, 5.41) is 15.5. The predicted octanol–water partition coefficient (Wildman–Crippen LogP) is 3.96. The minimum absolute atomic E-state index is 0.0644. The van der Waals surface area contributed by atoms with E-state index < -0.39 is 0 Å². The Bertz CT molecular complexity index is 1450. The average molecular weight is 516 g/mol. The van der Waals surface area contributed by atoms with Crippen LogP contribution >= 0.6 is 11.3 Å². The molecule has 3 N–H and O–H groups in total. The van der Waals surface area contributed by atoms with Crippen LogP contribution in [0.4, 0.5) is 11.4 Å². The highest BCUT2D eigenvalue weighted by Gasteiger charge is 2.33. The van der Waals surface area contributed by atoms with Crippen molar-refractivity contribution < 1.29 is 4.79 Å². The molecule has 2 atom stereocenters. The Morgan fingerprint density at radius 3 is 2.73 bits per heavy atom. The van der Waals surface area contributed by atoms with Crippen LogP contribution in [0.2, 0.25) is 0 Å². The van der Waals surface area contributed by atoms with Gasteiger partial charge in [-0.1, -0.05) is 6.07 Å². The van der Waals surface area contributed by atoms with E-state index in [-0.39, 0.29) is 5.91 Å². The van der Waals surface area contributed by atoms with E-state index in [9.17, 15) is 4.79 Å². The van der Waals surface area contributed by atoms with Gasteiger partial charge in [0.1, 0.15) is 9.71 Å². The maximum Gasteiger partial charge on any atom is 0.263 e. The van der Waals surface area contributed by atoms with Crippen molar-refractivity contribution >= 4 is 38.8 Å². The van der Waals surface area contributed by atoms with E-state index in [1.165, 1.54) is 41.0 Å². The van der Waals surface area contributed by atoms with Gasteiger partial charge in [0, 0.05) is 79.9 Å². The lowest BCUT2D eigenvalue weighted by molar-refractivity contribution is 0.0959. The van der Waals surface area contributed by atoms with Crippen LogP contribution in [0.15, 0.2) is 42.7 Å². The molecular formula is C28H33N7OS. The number of benzene rings is 1. The molecule has 8 nitrogen and oxygen atoms in total. The number of anilines is 2. The largest absolute Gasteiger partial charge is 0.386 e. The molecule has 1 aromatic carbocycles. The fourth-order valence-electron chi connectivity index (χ4n) is 5.68. The molecule has 0 saturated carbocycles. The summed E-state index contributed by atoms with van der Waals surface area (Å²) in [6.45, 7) is 4.61. The van der Waals surface area contributed by atoms with Crippen LogP contribution in [0.5, 0.6) is 0 Å². The second-order valence-electron chi connectivity index (χ2n) is 10.2. The van der Waals surface area contributed by atoms with Gasteiger partial charge in [-0.15, -0.1) is 11.3 Å². The summed E-state index contributed by atoms with van der Waals surface area (Å²) in [5.41, 5.74) is 6.60. The first kappa shape index (κ1) is 23.9. The van der Waals surface area contributed by atoms with Crippen LogP contribution in [-0.2, 0) is 13.5 Å². The Morgan fingerprint density at radius 2 is 2.00 bits per heavy atom. The summed E-state index contributed by atoms with van der Waals surface area (Å²) in [4.78, 5) is 21.8. The van der Waals surface area contributed by atoms with Crippen molar-refractivity contribution in [3.63, 3.8) is 0 Å². The van der Waals surface area contributed by atoms with E-state index in [1.807, 2.05) is 44.0 Å². The number of nitrogens with zero attached hydrogens (tertiary/aromatic N) is 4. The van der Waals surface area contributed by atoms with E-state index in [2.05, 4.69) is 55.3 Å². The number of pyridine rings is 1. The molecule has 2 saturated heterocycles. The molecule has 2 unspecified atom stereocenters. The summed E-state index contributed by atoms with van der Waals surface area (Å²) in [7, 11) is 3.81. The van der Waals surface area contributed by atoms with Crippen molar-refractivity contribution in [3.05, 3.63) is 58.9 Å². The smallest absolute Gasteiger partial charge is 0.263 e. The maximum absolute atomic E-state index is 13.1. The first-order valence-corrected chi connectivity index (χ1v) is 13.8. The zero-order chi connectivity index (χ0) is 25.5. The third-order valence-electron chi connectivity index (χ3n) is 7.48. The lowest BCUT2D eigenvalue weighted by Crippen LogP contribution is -2.51. The number of rotatable bonds is 7. The maximum atomic E-state index is 13.1. The molecule has 37 heavy (non-hydrogen) atoms. The summed E-state index contributed by atoms with van der Waals surface area (Å²) in [5.74, 6) is -0.0644. The number of aromatic nitrogens is 3. The van der Waals surface area contributed by atoms with Gasteiger partial charge in [-0.05, 0) is 56.0 Å². The summed E-state index contributed by atoms with van der Waals surface area (Å²) >= 11 is 1.44. The van der Waals surface area contributed by atoms with Crippen LogP contribution < -0.4 is 20.9 Å². The molecule has 9 heteroatoms. The fourth-order valence-corrected chi connectivity index (χ4v) is 6.82. The molecule has 2 fully saturated rings. The van der Waals surface area contributed by atoms with Crippen molar-refractivity contribution in [2.45, 2.75) is 38.3 Å². The van der Waals surface area contributed by atoms with Crippen LogP contribution in [0.3, 0.4) is 0 Å². The van der Waals surface area contributed by atoms with Gasteiger partial charge in [-0.2, -0.15) is 5.10 Å². The van der Waals surface area contributed by atoms with E-state index in [4.69, 9.17) is 0 Å². The molecule has 2 bridgehead atoms. The molecule has 192 valence electrons. The van der Waals surface area contributed by atoms with Crippen molar-refractivity contribution in [3.8, 4) is 11.1 Å². The third-order valence-corrected chi connectivity index (χ3v) is 8.58. The normalized spacial score (nSPS) is 18.9. The highest BCUT2D eigenvalue weighted by molar-refractivity contribution is 7.21. The van der Waals surface area contributed by atoms with E-state index in [1.54, 1.807) is 0 Å². The van der Waals surface area contributed by atoms with Crippen molar-refractivity contribution in [1.29, 1.82) is 0 Å². The third kappa shape index (κ3) is 4.69. The Hall–Kier alpha value is -3.43. The van der Waals surface area contributed by atoms with Gasteiger partial charge in [0.05, 0.1) is 11.9 Å². The quantitative estimate of drug-likeness (QED) is 0.345. The van der Waals surface area contributed by atoms with E-state index in [0.29, 0.717) is 23.5 Å². The lowest BCUT2D eigenvalue weighted by atomic mass is 10.00. The number of nitrogens with one attached hydrogen (secondary N) is 3. The van der Waals surface area contributed by atoms with Gasteiger partial charge < -0.3 is 20.9 Å². The number of carbonyl (C=O) groups excluding carboxylic acids is 1. The number of thiophene rings is 1. The Kier molecular flexibility index (Phi) is 6.34. The Morgan fingerprint density at radius 1 is 1.19 bits per heavy atom. The van der Waals surface area contributed by atoms with Gasteiger partial charge in [-0.3, -0.25) is 9.48 Å². The molecule has 3 aromatic heterocycles. The SMILES string of the molecule is CNc1c(C(=O)NCCc2ccc(N3CC4CCC(C3)N4)c(-c3cnn(C)c3)c2)sc2nc(C)ccc12. The topological polar surface area (TPSA) is 87.1 Å². The molecule has 0 spiro atoms. The molecule has 5 heterocycles. The van der Waals surface area contributed by atoms with Crippen LogP contribution in [-0.4, -0.2) is 59.4 Å². The zero-order valence-electron chi connectivity index (χ0n) is 21.5. The van der Waals surface area contributed by atoms with Gasteiger partial charge >= 0.3 is 0 Å². The highest BCUT2D eigenvalue weighted by Crippen LogP contribution is 2.36. The van der Waals surface area contributed by atoms with Crippen molar-refractivity contribution in [2.75, 3.05) is 36.9 Å². The molecule has 2 aliphatic rings. The number of amides is 1. The highest BCUT2D eigenvalue weighted by atomic mass is 32.1. The molecule has 0 aliphatic carbocycles. The second-order valence-corrected chi connectivity index (χ2v) is 11.2. The molecule has 1 amide bonds. The fraction of sp³-hybridized carbons (Fsp3) is 0.393. The number of hydrogen-bond acceptors (Lipinski definition) is 7. The standard InChI is InChI=1S/C28H33N7OS/c1-17-4-8-22-25(29-2)26(37-28(22)32-17)27(36)30-11-10-18-5-9-24(23(12-18)19-13-31-34(3)14-19)35-15-20-6-7-21(16-35)33-20/h4-5,8-9,12-14,20-21,29,33H,6-7,10-11,15-16H2,1-3H3,(H,30,36). The predicted molar refractivity (Wildman–Crippen MR) is 151 cm³/mol. The number of piperazine rings is 1. The summed E-state index contributed by atoms with van der Waals surface area (Å²) in [6.07, 6.45) is 7.29. The monoisotopic (exact) mass is 515 g/mol. The molecule has 2 aliphatic heterocycles. The number of aryl methyl sites for hydroxylation is 2. The summed E-state index contributed by atoms with van der Waals surface area (Å²) < 4.78 is 1.86. The van der Waals surface area contributed by atoms with Gasteiger partial charge in [0.25, 0.3) is 5.91 Å². The van der Waals surface area contributed by atoms with Crippen LogP contribution in [0.1, 0.15) is 33.8 Å². The van der Waals surface area contributed by atoms with Gasteiger partial charge in [-0.25, -0.2) is 4.98 Å². The number of hydrogen-bond donors (Lipinski definition) is 3. The van der Waals surface area contributed by atoms with Crippen LogP contribution in [0, 0.1) is 6.92 Å². The lowest BCUT2D eigenvalue weighted by Gasteiger charge is -2.36. The Labute approximate surface area is 221 Å². The molecule has 4 aromatic rings. The van der Waals surface area contributed by atoms with Crippen LogP contribution in [0.25, 0.3) is 21.3 Å². The minimum atomic E-state index is -0.0644. The summed E-state index contributed by atoms with van der Waals surface area (Å²) in [6, 6.07) is 11.9. The average Bonchev–Trinajstić information content (AvgIpc) is 3.59. The Balaban J connectivity index is 1.20. The number of fused-ring (bicyclic) bond motifs is 3. The van der Waals surface area contributed by atoms with Crippen molar-refractivity contribution in [1.82, 2.24) is 25.4 Å². The van der Waals surface area contributed by atoms with E-state index in [0.717, 1.165) is 46.7 Å². The van der Waals surface area contributed by atoms with E-state index >= 15 is 0 Å². The molecular weight excluding hydrogens is 482 g/mol. The van der Waals surface area contributed by atoms with Crippen molar-refractivity contribution in [2.24, 2.45) is 7.05 Å². The zero-order valence-corrected chi connectivity index (χ0v) is 22.4. The second kappa shape index (κ2) is 9.79. The molecule has 6 rings (SSSR count). The minimum Gasteiger partial charge on any atom is -0.386 e. The van der Waals surface area contributed by atoms with Gasteiger partial charge in [0.15, 0.2) is 0 Å². The number of carbonyl (C=O) groups is 1.